The third kappa shape index (κ3) is 2.71. The van der Waals surface area contributed by atoms with Crippen LogP contribution in [0.2, 0.25) is 0 Å². The zero-order valence-electron chi connectivity index (χ0n) is 7.50. The third-order valence-corrected chi connectivity index (χ3v) is 2.25. The molecule has 0 bridgehead atoms. The van der Waals surface area contributed by atoms with Crippen LogP contribution in [0.3, 0.4) is 0 Å². The second kappa shape index (κ2) is 4.97. The van der Waals surface area contributed by atoms with Crippen LogP contribution in [-0.4, -0.2) is 12.5 Å². The Kier molecular flexibility index (Phi) is 3.91. The van der Waals surface area contributed by atoms with Gasteiger partial charge in [-0.05, 0) is 22.0 Å². The number of halogens is 1. The third-order valence-electron chi connectivity index (χ3n) is 1.63. The highest BCUT2D eigenvalue weighted by Gasteiger charge is 2.07. The second-order valence-corrected chi connectivity index (χ2v) is 3.54. The first-order valence-electron chi connectivity index (χ1n) is 4.03. The van der Waals surface area contributed by atoms with Gasteiger partial charge in [0.25, 0.3) is 5.91 Å². The summed E-state index contributed by atoms with van der Waals surface area (Å²) in [5.41, 5.74) is 11.3. The van der Waals surface area contributed by atoms with Gasteiger partial charge in [0.2, 0.25) is 0 Å². The molecule has 0 spiro atoms. The fraction of sp³-hybridized carbons (Fsp3) is 0.222. The molecule has 0 saturated heterocycles. The van der Waals surface area contributed by atoms with Crippen molar-refractivity contribution in [3.8, 4) is 5.75 Å². The average Bonchev–Trinajstić information content (AvgIpc) is 2.15. The van der Waals surface area contributed by atoms with Crippen molar-refractivity contribution in [3.05, 3.63) is 28.2 Å². The molecule has 0 unspecified atom stereocenters. The van der Waals surface area contributed by atoms with Crippen LogP contribution in [0.25, 0.3) is 0 Å². The minimum absolute atomic E-state index is 0.143. The van der Waals surface area contributed by atoms with E-state index in [-0.39, 0.29) is 6.61 Å². The molecule has 5 heteroatoms. The molecule has 0 atom stereocenters. The van der Waals surface area contributed by atoms with Gasteiger partial charge in [0.1, 0.15) is 5.75 Å². The van der Waals surface area contributed by atoms with Crippen LogP contribution in [-0.2, 0) is 11.3 Å². The van der Waals surface area contributed by atoms with Gasteiger partial charge in [0.15, 0.2) is 6.61 Å². The highest BCUT2D eigenvalue weighted by molar-refractivity contribution is 9.10. The van der Waals surface area contributed by atoms with Crippen molar-refractivity contribution in [3.63, 3.8) is 0 Å². The summed E-state index contributed by atoms with van der Waals surface area (Å²) < 4.78 is 5.98. The first-order valence-corrected chi connectivity index (χ1v) is 4.83. The lowest BCUT2D eigenvalue weighted by Gasteiger charge is -2.10. The Balaban J connectivity index is 2.87. The van der Waals surface area contributed by atoms with Crippen LogP contribution in [0.4, 0.5) is 0 Å². The predicted molar refractivity (Wildman–Crippen MR) is 56.7 cm³/mol. The van der Waals surface area contributed by atoms with E-state index < -0.39 is 5.91 Å². The van der Waals surface area contributed by atoms with Crippen LogP contribution in [0.15, 0.2) is 22.7 Å². The smallest absolute Gasteiger partial charge is 0.255 e. The predicted octanol–water partition coefficient (Wildman–Crippen LogP) is 0.772. The summed E-state index contributed by atoms with van der Waals surface area (Å²) in [5, 5.41) is 0. The summed E-state index contributed by atoms with van der Waals surface area (Å²) in [4.78, 5) is 10.5. The summed E-state index contributed by atoms with van der Waals surface area (Å²) in [6.07, 6.45) is 0. The molecule has 0 aliphatic carbocycles. The number of carbonyl (C=O) groups is 1. The molecule has 1 aromatic carbocycles. The Bertz CT molecular complexity index is 342. The Hall–Kier alpha value is -1.07. The van der Waals surface area contributed by atoms with Crippen molar-refractivity contribution in [1.29, 1.82) is 0 Å². The maximum absolute atomic E-state index is 10.5. The fourth-order valence-electron chi connectivity index (χ4n) is 1.02. The van der Waals surface area contributed by atoms with Crippen molar-refractivity contribution >= 4 is 21.8 Å². The molecule has 14 heavy (non-hydrogen) atoms. The number of ether oxygens (including phenoxy) is 1. The molecule has 1 amide bonds. The van der Waals surface area contributed by atoms with Gasteiger partial charge in [-0.1, -0.05) is 12.1 Å². The minimum atomic E-state index is -0.510. The number of rotatable bonds is 4. The quantitative estimate of drug-likeness (QED) is 0.838. The lowest BCUT2D eigenvalue weighted by molar-refractivity contribution is -0.119. The van der Waals surface area contributed by atoms with E-state index in [1.54, 1.807) is 0 Å². The van der Waals surface area contributed by atoms with Gasteiger partial charge in [-0.3, -0.25) is 4.79 Å². The molecule has 4 nitrogen and oxygen atoms in total. The molecular weight excluding hydrogens is 248 g/mol. The Morgan fingerprint density at radius 1 is 1.50 bits per heavy atom. The van der Waals surface area contributed by atoms with Gasteiger partial charge in [0, 0.05) is 12.1 Å². The zero-order valence-corrected chi connectivity index (χ0v) is 9.08. The van der Waals surface area contributed by atoms with Crippen molar-refractivity contribution < 1.29 is 9.53 Å². The summed E-state index contributed by atoms with van der Waals surface area (Å²) >= 11 is 3.31. The first-order chi connectivity index (χ1) is 6.65. The number of nitrogens with two attached hydrogens (primary N) is 2. The standard InChI is InChI=1S/C9H11BrN2O2/c10-7-3-1-2-6(4-11)9(7)14-5-8(12)13/h1-3H,4-5,11H2,(H2,12,13). The largest absolute Gasteiger partial charge is 0.482 e. The maximum Gasteiger partial charge on any atom is 0.255 e. The molecule has 0 radical (unpaired) electrons. The number of amides is 1. The topological polar surface area (TPSA) is 78.3 Å². The first kappa shape index (κ1) is 11.0. The van der Waals surface area contributed by atoms with E-state index in [2.05, 4.69) is 15.9 Å². The van der Waals surface area contributed by atoms with Gasteiger partial charge >= 0.3 is 0 Å². The molecule has 76 valence electrons. The second-order valence-electron chi connectivity index (χ2n) is 2.69. The van der Waals surface area contributed by atoms with Crippen LogP contribution >= 0.6 is 15.9 Å². The molecular formula is C9H11BrN2O2. The van der Waals surface area contributed by atoms with Gasteiger partial charge in [-0.15, -0.1) is 0 Å². The molecule has 0 fully saturated rings. The molecule has 1 rings (SSSR count). The summed E-state index contributed by atoms with van der Waals surface area (Å²) in [6, 6.07) is 5.50. The number of benzene rings is 1. The van der Waals surface area contributed by atoms with Gasteiger partial charge in [-0.25, -0.2) is 0 Å². The van der Waals surface area contributed by atoms with Gasteiger partial charge < -0.3 is 16.2 Å². The maximum atomic E-state index is 10.5. The number of para-hydroxylation sites is 1. The van der Waals surface area contributed by atoms with E-state index in [9.17, 15) is 4.79 Å². The van der Waals surface area contributed by atoms with E-state index in [1.807, 2.05) is 18.2 Å². The molecule has 0 heterocycles. The van der Waals surface area contributed by atoms with Crippen LogP contribution in [0.1, 0.15) is 5.56 Å². The Morgan fingerprint density at radius 2 is 2.21 bits per heavy atom. The Morgan fingerprint density at radius 3 is 2.79 bits per heavy atom. The van der Waals surface area contributed by atoms with E-state index in [0.29, 0.717) is 12.3 Å². The number of hydrogen-bond donors (Lipinski definition) is 2. The molecule has 0 aromatic heterocycles. The minimum Gasteiger partial charge on any atom is -0.482 e. The fourth-order valence-corrected chi connectivity index (χ4v) is 1.54. The van der Waals surface area contributed by atoms with E-state index >= 15 is 0 Å². The van der Waals surface area contributed by atoms with Crippen molar-refractivity contribution in [2.75, 3.05) is 6.61 Å². The van der Waals surface area contributed by atoms with Crippen LogP contribution in [0, 0.1) is 0 Å². The van der Waals surface area contributed by atoms with Crippen molar-refractivity contribution in [1.82, 2.24) is 0 Å². The molecule has 1 aromatic rings. The summed E-state index contributed by atoms with van der Waals surface area (Å²) in [6.45, 7) is 0.211. The Labute approximate surface area is 90.3 Å². The lowest BCUT2D eigenvalue weighted by Crippen LogP contribution is -2.20. The highest BCUT2D eigenvalue weighted by atomic mass is 79.9. The van der Waals surface area contributed by atoms with E-state index in [1.165, 1.54) is 0 Å². The monoisotopic (exact) mass is 258 g/mol. The van der Waals surface area contributed by atoms with Crippen molar-refractivity contribution in [2.45, 2.75) is 6.54 Å². The zero-order chi connectivity index (χ0) is 10.6. The van der Waals surface area contributed by atoms with Gasteiger partial charge in [0.05, 0.1) is 4.47 Å². The number of carbonyl (C=O) groups excluding carboxylic acids is 1. The van der Waals surface area contributed by atoms with Gasteiger partial charge in [-0.2, -0.15) is 0 Å². The number of hydrogen-bond acceptors (Lipinski definition) is 3. The van der Waals surface area contributed by atoms with Crippen LogP contribution < -0.4 is 16.2 Å². The molecule has 0 saturated carbocycles. The normalized spacial score (nSPS) is 9.86. The molecule has 0 aliphatic heterocycles. The number of primary amides is 1. The van der Waals surface area contributed by atoms with E-state index in [0.717, 1.165) is 10.0 Å². The highest BCUT2D eigenvalue weighted by Crippen LogP contribution is 2.28. The average molecular weight is 259 g/mol. The van der Waals surface area contributed by atoms with E-state index in [4.69, 9.17) is 16.2 Å². The van der Waals surface area contributed by atoms with Crippen molar-refractivity contribution in [2.24, 2.45) is 11.5 Å². The molecule has 4 N–H and O–H groups in total. The summed E-state index contributed by atoms with van der Waals surface area (Å²) in [7, 11) is 0. The lowest BCUT2D eigenvalue weighted by atomic mass is 10.2. The van der Waals surface area contributed by atoms with Crippen LogP contribution in [0.5, 0.6) is 5.75 Å². The summed E-state index contributed by atoms with van der Waals surface area (Å²) in [5.74, 6) is 0.0672. The SMILES string of the molecule is NCc1cccc(Br)c1OCC(N)=O. The molecule has 0 aliphatic rings.